The Balaban J connectivity index is 1.92. The highest BCUT2D eigenvalue weighted by Gasteiger charge is 2.14. The Morgan fingerprint density at radius 3 is 2.31 bits per heavy atom. The molecule has 7 nitrogen and oxygen atoms in total. The van der Waals surface area contributed by atoms with Gasteiger partial charge in [-0.1, -0.05) is 12.1 Å². The van der Waals surface area contributed by atoms with E-state index in [4.69, 9.17) is 15.2 Å². The molecule has 26 heavy (non-hydrogen) atoms. The zero-order valence-electron chi connectivity index (χ0n) is 14.0. The first-order valence-corrected chi connectivity index (χ1v) is 7.57. The summed E-state index contributed by atoms with van der Waals surface area (Å²) in [5, 5.41) is 2.42. The molecule has 2 aromatic rings. The van der Waals surface area contributed by atoms with Crippen LogP contribution in [-0.2, 0) is 11.3 Å². The van der Waals surface area contributed by atoms with E-state index in [1.807, 2.05) is 0 Å². The molecule has 0 aliphatic carbocycles. The van der Waals surface area contributed by atoms with Crippen LogP contribution in [0, 0.1) is 5.82 Å². The van der Waals surface area contributed by atoms with E-state index in [0.717, 1.165) is 11.6 Å². The molecule has 0 bridgehead atoms. The number of benzene rings is 2. The average molecular weight is 360 g/mol. The smallest absolute Gasteiger partial charge is 0.338 e. The highest BCUT2D eigenvalue weighted by molar-refractivity contribution is 5.99. The van der Waals surface area contributed by atoms with Crippen molar-refractivity contribution in [2.45, 2.75) is 6.54 Å². The number of hydrogen-bond donors (Lipinski definition) is 2. The normalized spacial score (nSPS) is 10.1. The molecule has 0 aliphatic heterocycles. The summed E-state index contributed by atoms with van der Waals surface area (Å²) in [5.74, 6) is -1.89. The van der Waals surface area contributed by atoms with E-state index in [9.17, 15) is 18.8 Å². The van der Waals surface area contributed by atoms with Crippen LogP contribution in [-0.4, -0.2) is 31.5 Å². The molecule has 0 aromatic heterocycles. The number of halogens is 1. The van der Waals surface area contributed by atoms with Gasteiger partial charge in [0.2, 0.25) is 0 Å². The van der Waals surface area contributed by atoms with Crippen molar-refractivity contribution in [2.24, 2.45) is 5.73 Å². The lowest BCUT2D eigenvalue weighted by Gasteiger charge is -2.07. The molecule has 8 heteroatoms. The van der Waals surface area contributed by atoms with Crippen LogP contribution in [0.2, 0.25) is 0 Å². The molecule has 2 rings (SSSR count). The van der Waals surface area contributed by atoms with Crippen molar-refractivity contribution in [3.05, 3.63) is 65.0 Å². The minimum Gasteiger partial charge on any atom is -0.494 e. The van der Waals surface area contributed by atoms with Crippen LogP contribution in [0.5, 0.6) is 5.75 Å². The summed E-state index contributed by atoms with van der Waals surface area (Å²) in [6.45, 7) is -0.290. The zero-order valence-corrected chi connectivity index (χ0v) is 14.0. The van der Waals surface area contributed by atoms with Gasteiger partial charge in [-0.3, -0.25) is 4.79 Å². The van der Waals surface area contributed by atoms with Crippen molar-refractivity contribution in [1.82, 2.24) is 5.32 Å². The SMILES string of the molecule is COc1ccc(C(=O)COC(=O)c2ccc(CNC(N)=O)cc2)cc1F. The molecule has 0 fully saturated rings. The lowest BCUT2D eigenvalue weighted by atomic mass is 10.1. The molecular weight excluding hydrogens is 343 g/mol. The van der Waals surface area contributed by atoms with Gasteiger partial charge in [0.1, 0.15) is 0 Å². The number of primary amides is 1. The van der Waals surface area contributed by atoms with E-state index in [0.29, 0.717) is 0 Å². The van der Waals surface area contributed by atoms with Crippen LogP contribution in [0.4, 0.5) is 9.18 Å². The highest BCUT2D eigenvalue weighted by Crippen LogP contribution is 2.18. The van der Waals surface area contributed by atoms with Gasteiger partial charge in [-0.15, -0.1) is 0 Å². The number of amides is 2. The first-order valence-electron chi connectivity index (χ1n) is 7.57. The maximum Gasteiger partial charge on any atom is 0.338 e. The zero-order chi connectivity index (χ0) is 19.1. The topological polar surface area (TPSA) is 108 Å². The number of urea groups is 1. The molecule has 0 saturated heterocycles. The molecule has 0 unspecified atom stereocenters. The molecule has 0 heterocycles. The summed E-state index contributed by atoms with van der Waals surface area (Å²) in [7, 11) is 1.32. The number of ether oxygens (including phenoxy) is 2. The van der Waals surface area contributed by atoms with Gasteiger partial charge in [-0.25, -0.2) is 14.0 Å². The highest BCUT2D eigenvalue weighted by atomic mass is 19.1. The van der Waals surface area contributed by atoms with Gasteiger partial charge in [-0.2, -0.15) is 0 Å². The van der Waals surface area contributed by atoms with Crippen molar-refractivity contribution in [3.8, 4) is 5.75 Å². The fourth-order valence-corrected chi connectivity index (χ4v) is 2.09. The first-order chi connectivity index (χ1) is 12.4. The van der Waals surface area contributed by atoms with Gasteiger partial charge in [0.05, 0.1) is 12.7 Å². The van der Waals surface area contributed by atoms with Crippen molar-refractivity contribution in [1.29, 1.82) is 0 Å². The van der Waals surface area contributed by atoms with Crippen LogP contribution in [0.1, 0.15) is 26.3 Å². The van der Waals surface area contributed by atoms with Crippen LogP contribution < -0.4 is 15.8 Å². The minimum atomic E-state index is -0.693. The van der Waals surface area contributed by atoms with Gasteiger partial charge in [-0.05, 0) is 35.9 Å². The fraction of sp³-hybridized carbons (Fsp3) is 0.167. The van der Waals surface area contributed by atoms with Crippen LogP contribution >= 0.6 is 0 Å². The van der Waals surface area contributed by atoms with Crippen molar-refractivity contribution >= 4 is 17.8 Å². The van der Waals surface area contributed by atoms with Gasteiger partial charge >= 0.3 is 12.0 Å². The van der Waals surface area contributed by atoms with E-state index in [-0.39, 0.29) is 23.4 Å². The molecule has 0 atom stereocenters. The number of nitrogens with two attached hydrogens (primary N) is 1. The molecule has 0 aliphatic rings. The summed E-state index contributed by atoms with van der Waals surface area (Å²) in [5.41, 5.74) is 6.02. The second kappa shape index (κ2) is 8.61. The number of carbonyl (C=O) groups excluding carboxylic acids is 3. The van der Waals surface area contributed by atoms with Gasteiger partial charge < -0.3 is 20.5 Å². The second-order valence-electron chi connectivity index (χ2n) is 5.26. The second-order valence-corrected chi connectivity index (χ2v) is 5.26. The predicted octanol–water partition coefficient (Wildman–Crippen LogP) is 2.04. The van der Waals surface area contributed by atoms with Gasteiger partial charge in [0.15, 0.2) is 24.0 Å². The number of rotatable bonds is 7. The predicted molar refractivity (Wildman–Crippen MR) is 90.4 cm³/mol. The van der Waals surface area contributed by atoms with Crippen LogP contribution in [0.25, 0.3) is 0 Å². The molecule has 3 N–H and O–H groups in total. The largest absolute Gasteiger partial charge is 0.494 e. The number of carbonyl (C=O) groups is 3. The van der Waals surface area contributed by atoms with E-state index < -0.39 is 30.2 Å². The first kappa shape index (κ1) is 18.9. The molecule has 0 radical (unpaired) electrons. The van der Waals surface area contributed by atoms with E-state index in [1.165, 1.54) is 31.4 Å². The van der Waals surface area contributed by atoms with Crippen LogP contribution in [0.3, 0.4) is 0 Å². The standard InChI is InChI=1S/C18H17FN2O5/c1-25-16-7-6-13(8-14(16)19)15(22)10-26-17(23)12-4-2-11(3-5-12)9-21-18(20)24/h2-8H,9-10H2,1H3,(H3,20,21,24). The summed E-state index contributed by atoms with van der Waals surface area (Å²) in [4.78, 5) is 34.6. The number of Topliss-reactive ketones (excluding diaryl/α,β-unsaturated/α-hetero) is 1. The Labute approximate surface area is 148 Å². The lowest BCUT2D eigenvalue weighted by Crippen LogP contribution is -2.28. The molecule has 0 spiro atoms. The third kappa shape index (κ3) is 5.04. The summed E-state index contributed by atoms with van der Waals surface area (Å²) in [6, 6.07) is 9.31. The summed E-state index contributed by atoms with van der Waals surface area (Å²) in [6.07, 6.45) is 0. The quantitative estimate of drug-likeness (QED) is 0.580. The Morgan fingerprint density at radius 1 is 1.08 bits per heavy atom. The van der Waals surface area contributed by atoms with Crippen LogP contribution in [0.15, 0.2) is 42.5 Å². The lowest BCUT2D eigenvalue weighted by molar-refractivity contribution is 0.0474. The third-order valence-corrected chi connectivity index (χ3v) is 3.46. The van der Waals surface area contributed by atoms with Gasteiger partial charge in [0, 0.05) is 12.1 Å². The Bertz CT molecular complexity index is 821. The minimum absolute atomic E-state index is 0.0180. The molecule has 2 aromatic carbocycles. The summed E-state index contributed by atoms with van der Waals surface area (Å²) < 4.78 is 23.3. The van der Waals surface area contributed by atoms with Crippen molar-refractivity contribution < 1.29 is 28.2 Å². The number of methoxy groups -OCH3 is 1. The maximum atomic E-state index is 13.6. The molecule has 2 amide bonds. The van der Waals surface area contributed by atoms with Crippen molar-refractivity contribution in [2.75, 3.05) is 13.7 Å². The number of ketones is 1. The fourth-order valence-electron chi connectivity index (χ4n) is 2.09. The number of hydrogen-bond acceptors (Lipinski definition) is 5. The average Bonchev–Trinajstić information content (AvgIpc) is 2.64. The van der Waals surface area contributed by atoms with Gasteiger partial charge in [0.25, 0.3) is 0 Å². The molecule has 0 saturated carbocycles. The monoisotopic (exact) mass is 360 g/mol. The number of esters is 1. The number of nitrogens with one attached hydrogen (secondary N) is 1. The Hall–Kier alpha value is -3.42. The third-order valence-electron chi connectivity index (χ3n) is 3.46. The Morgan fingerprint density at radius 2 is 1.73 bits per heavy atom. The van der Waals surface area contributed by atoms with Crippen molar-refractivity contribution in [3.63, 3.8) is 0 Å². The summed E-state index contributed by atoms with van der Waals surface area (Å²) >= 11 is 0. The van der Waals surface area contributed by atoms with E-state index in [2.05, 4.69) is 5.32 Å². The van der Waals surface area contributed by atoms with E-state index >= 15 is 0 Å². The van der Waals surface area contributed by atoms with E-state index in [1.54, 1.807) is 12.1 Å². The maximum absolute atomic E-state index is 13.6. The molecule has 136 valence electrons. The Kier molecular flexibility index (Phi) is 6.26. The molecular formula is C18H17FN2O5.